The number of hydrogen-bond acceptors (Lipinski definition) is 1. The number of carbonyl (C=O) groups is 1. The second kappa shape index (κ2) is 4.50. The summed E-state index contributed by atoms with van der Waals surface area (Å²) in [6.07, 6.45) is 0.855. The lowest BCUT2D eigenvalue weighted by atomic mass is 9.99. The Morgan fingerprint density at radius 3 is 2.62 bits per heavy atom. The topological polar surface area (TPSA) is 17.1 Å². The summed E-state index contributed by atoms with van der Waals surface area (Å²) in [6.45, 7) is 2.02. The molecule has 2 aromatic carbocycles. The highest BCUT2D eigenvalue weighted by Crippen LogP contribution is 2.26. The number of aldehydes is 1. The van der Waals surface area contributed by atoms with Gasteiger partial charge in [0.1, 0.15) is 0 Å². The molecular weight excluding hydrogens is 220 g/mol. The second-order valence-electron chi connectivity index (χ2n) is 3.72. The van der Waals surface area contributed by atoms with Gasteiger partial charge in [0.15, 0.2) is 6.29 Å². The van der Waals surface area contributed by atoms with Gasteiger partial charge in [-0.3, -0.25) is 4.79 Å². The predicted molar refractivity (Wildman–Crippen MR) is 67.0 cm³/mol. The molecule has 0 saturated heterocycles. The Labute approximate surface area is 99.7 Å². The van der Waals surface area contributed by atoms with E-state index in [0.717, 1.165) is 23.0 Å². The lowest BCUT2D eigenvalue weighted by Crippen LogP contribution is -1.87. The lowest BCUT2D eigenvalue weighted by molar-refractivity contribution is 0.112. The molecule has 80 valence electrons. The molecule has 0 unspecified atom stereocenters. The van der Waals surface area contributed by atoms with Crippen molar-refractivity contribution in [3.8, 4) is 11.1 Å². The van der Waals surface area contributed by atoms with Gasteiger partial charge in [0.25, 0.3) is 0 Å². The molecule has 0 atom stereocenters. The maximum absolute atomic E-state index is 11.0. The summed E-state index contributed by atoms with van der Waals surface area (Å²) in [7, 11) is 0. The first-order valence-electron chi connectivity index (χ1n) is 5.02. The van der Waals surface area contributed by atoms with Gasteiger partial charge in [0.05, 0.1) is 0 Å². The first-order chi connectivity index (χ1) is 7.70. The molecule has 2 rings (SSSR count). The summed E-state index contributed by atoms with van der Waals surface area (Å²) in [4.78, 5) is 11.0. The highest BCUT2D eigenvalue weighted by molar-refractivity contribution is 6.31. The SMILES string of the molecule is Cc1cccc(-c2cc(Cl)ccc2C=O)c1. The molecule has 2 heteroatoms. The van der Waals surface area contributed by atoms with Crippen LogP contribution in [0.25, 0.3) is 11.1 Å². The Hall–Kier alpha value is -1.60. The number of benzene rings is 2. The van der Waals surface area contributed by atoms with Crippen LogP contribution in [0.15, 0.2) is 42.5 Å². The van der Waals surface area contributed by atoms with Crippen LogP contribution < -0.4 is 0 Å². The number of aryl methyl sites for hydroxylation is 1. The van der Waals surface area contributed by atoms with Crippen molar-refractivity contribution in [3.05, 3.63) is 58.6 Å². The van der Waals surface area contributed by atoms with E-state index >= 15 is 0 Å². The van der Waals surface area contributed by atoms with Crippen LogP contribution >= 0.6 is 11.6 Å². The summed E-state index contributed by atoms with van der Waals surface area (Å²) < 4.78 is 0. The monoisotopic (exact) mass is 230 g/mol. The Bertz CT molecular complexity index is 532. The molecule has 0 radical (unpaired) electrons. The number of hydrogen-bond donors (Lipinski definition) is 0. The predicted octanol–water partition coefficient (Wildman–Crippen LogP) is 4.13. The highest BCUT2D eigenvalue weighted by Gasteiger charge is 2.05. The quantitative estimate of drug-likeness (QED) is 0.709. The fraction of sp³-hybridized carbons (Fsp3) is 0.0714. The van der Waals surface area contributed by atoms with Crippen LogP contribution in [0.1, 0.15) is 15.9 Å². The van der Waals surface area contributed by atoms with E-state index in [0.29, 0.717) is 10.6 Å². The third kappa shape index (κ3) is 2.15. The van der Waals surface area contributed by atoms with E-state index in [9.17, 15) is 4.79 Å². The molecule has 0 N–H and O–H groups in total. The largest absolute Gasteiger partial charge is 0.298 e. The Morgan fingerprint density at radius 2 is 1.94 bits per heavy atom. The molecule has 0 aromatic heterocycles. The van der Waals surface area contributed by atoms with Gasteiger partial charge in [0, 0.05) is 10.6 Å². The minimum absolute atomic E-state index is 0.641. The Morgan fingerprint density at radius 1 is 1.12 bits per heavy atom. The van der Waals surface area contributed by atoms with Crippen LogP contribution in [0.5, 0.6) is 0 Å². The molecular formula is C14H11ClO. The van der Waals surface area contributed by atoms with Crippen molar-refractivity contribution in [2.75, 3.05) is 0 Å². The zero-order chi connectivity index (χ0) is 11.5. The standard InChI is InChI=1S/C14H11ClO/c1-10-3-2-4-11(7-10)14-8-13(15)6-5-12(14)9-16/h2-9H,1H3. The van der Waals surface area contributed by atoms with Crippen molar-refractivity contribution in [1.82, 2.24) is 0 Å². The number of carbonyl (C=O) groups excluding carboxylic acids is 1. The maximum Gasteiger partial charge on any atom is 0.150 e. The molecule has 0 spiro atoms. The van der Waals surface area contributed by atoms with Gasteiger partial charge in [-0.1, -0.05) is 41.4 Å². The van der Waals surface area contributed by atoms with Gasteiger partial charge in [-0.25, -0.2) is 0 Å². The maximum atomic E-state index is 11.0. The van der Waals surface area contributed by atoms with Gasteiger partial charge in [0.2, 0.25) is 0 Å². The number of rotatable bonds is 2. The van der Waals surface area contributed by atoms with E-state index in [1.807, 2.05) is 37.3 Å². The van der Waals surface area contributed by atoms with Gasteiger partial charge in [-0.2, -0.15) is 0 Å². The van der Waals surface area contributed by atoms with Crippen LogP contribution in [-0.2, 0) is 0 Å². The molecule has 16 heavy (non-hydrogen) atoms. The smallest absolute Gasteiger partial charge is 0.150 e. The summed E-state index contributed by atoms with van der Waals surface area (Å²) in [6, 6.07) is 13.3. The molecule has 0 aliphatic carbocycles. The average Bonchev–Trinajstić information content (AvgIpc) is 2.29. The van der Waals surface area contributed by atoms with E-state index < -0.39 is 0 Å². The fourth-order valence-electron chi connectivity index (χ4n) is 1.69. The minimum atomic E-state index is 0.641. The van der Waals surface area contributed by atoms with Crippen LogP contribution in [0.4, 0.5) is 0 Å². The van der Waals surface area contributed by atoms with Crippen molar-refractivity contribution >= 4 is 17.9 Å². The lowest BCUT2D eigenvalue weighted by Gasteiger charge is -2.06. The van der Waals surface area contributed by atoms with E-state index in [1.54, 1.807) is 12.1 Å². The molecule has 2 aromatic rings. The average molecular weight is 231 g/mol. The molecule has 0 bridgehead atoms. The minimum Gasteiger partial charge on any atom is -0.298 e. The van der Waals surface area contributed by atoms with Crippen LogP contribution in [0.3, 0.4) is 0 Å². The normalized spacial score (nSPS) is 10.1. The highest BCUT2D eigenvalue weighted by atomic mass is 35.5. The second-order valence-corrected chi connectivity index (χ2v) is 4.16. The zero-order valence-corrected chi connectivity index (χ0v) is 9.66. The first kappa shape index (κ1) is 10.9. The zero-order valence-electron chi connectivity index (χ0n) is 8.91. The van der Waals surface area contributed by atoms with Gasteiger partial charge >= 0.3 is 0 Å². The molecule has 0 saturated carbocycles. The Kier molecular flexibility index (Phi) is 3.07. The molecule has 0 fully saturated rings. The van der Waals surface area contributed by atoms with Crippen LogP contribution in [0, 0.1) is 6.92 Å². The van der Waals surface area contributed by atoms with E-state index in [2.05, 4.69) is 0 Å². The van der Waals surface area contributed by atoms with Crippen molar-refractivity contribution < 1.29 is 4.79 Å². The van der Waals surface area contributed by atoms with Crippen molar-refractivity contribution in [2.24, 2.45) is 0 Å². The van der Waals surface area contributed by atoms with Gasteiger partial charge in [-0.15, -0.1) is 0 Å². The van der Waals surface area contributed by atoms with Crippen LogP contribution in [-0.4, -0.2) is 6.29 Å². The Balaban J connectivity index is 2.62. The van der Waals surface area contributed by atoms with E-state index in [-0.39, 0.29) is 0 Å². The van der Waals surface area contributed by atoms with E-state index in [4.69, 9.17) is 11.6 Å². The van der Waals surface area contributed by atoms with Crippen molar-refractivity contribution in [3.63, 3.8) is 0 Å². The summed E-state index contributed by atoms with van der Waals surface area (Å²) >= 11 is 5.95. The fourth-order valence-corrected chi connectivity index (χ4v) is 1.87. The molecule has 0 aliphatic rings. The summed E-state index contributed by atoms with van der Waals surface area (Å²) in [5.41, 5.74) is 3.72. The van der Waals surface area contributed by atoms with Crippen molar-refractivity contribution in [2.45, 2.75) is 6.92 Å². The molecule has 0 heterocycles. The van der Waals surface area contributed by atoms with Crippen molar-refractivity contribution in [1.29, 1.82) is 0 Å². The van der Waals surface area contributed by atoms with Crippen LogP contribution in [0.2, 0.25) is 5.02 Å². The molecule has 0 aliphatic heterocycles. The molecule has 1 nitrogen and oxygen atoms in total. The molecule has 0 amide bonds. The summed E-state index contributed by atoms with van der Waals surface area (Å²) in [5.74, 6) is 0. The third-order valence-electron chi connectivity index (χ3n) is 2.47. The number of halogens is 1. The van der Waals surface area contributed by atoms with Gasteiger partial charge in [-0.05, 0) is 36.2 Å². The summed E-state index contributed by atoms with van der Waals surface area (Å²) in [5, 5.41) is 0.641. The third-order valence-corrected chi connectivity index (χ3v) is 2.71. The first-order valence-corrected chi connectivity index (χ1v) is 5.40. The van der Waals surface area contributed by atoms with Gasteiger partial charge < -0.3 is 0 Å². The van der Waals surface area contributed by atoms with E-state index in [1.165, 1.54) is 0 Å².